The summed E-state index contributed by atoms with van der Waals surface area (Å²) < 4.78 is 33.0. The first-order chi connectivity index (χ1) is 8.86. The highest BCUT2D eigenvalue weighted by atomic mass is 32.2. The number of rotatable bonds is 7. The second kappa shape index (κ2) is 7.18. The van der Waals surface area contributed by atoms with Crippen LogP contribution in [0, 0.1) is 0 Å². The average Bonchev–Trinajstić information content (AvgIpc) is 2.34. The van der Waals surface area contributed by atoms with Gasteiger partial charge in [-0.3, -0.25) is 4.79 Å². The van der Waals surface area contributed by atoms with E-state index in [9.17, 15) is 13.2 Å². The summed E-state index contributed by atoms with van der Waals surface area (Å²) in [7, 11) is -2.20. The number of hydrogen-bond acceptors (Lipinski definition) is 4. The first kappa shape index (κ1) is 16.4. The minimum Gasteiger partial charge on any atom is -0.481 e. The standard InChI is InChI=1S/C11H22N2O5S/c1-9-5-3-4-6-13(9)19(16,17)12-8-10(18-2)7-11(14)15/h9-10,12H,3-8H2,1-2H3,(H,14,15). The zero-order valence-corrected chi connectivity index (χ0v) is 12.1. The lowest BCUT2D eigenvalue weighted by atomic mass is 10.1. The fraction of sp³-hybridized carbons (Fsp3) is 0.909. The van der Waals surface area contributed by atoms with Crippen LogP contribution in [0.25, 0.3) is 0 Å². The molecule has 2 unspecified atom stereocenters. The van der Waals surface area contributed by atoms with Gasteiger partial charge in [0.05, 0.1) is 12.5 Å². The maximum atomic E-state index is 12.1. The third-order valence-corrected chi connectivity index (χ3v) is 4.97. The molecule has 1 rings (SSSR count). The monoisotopic (exact) mass is 294 g/mol. The number of nitrogens with one attached hydrogen (secondary N) is 1. The number of aliphatic carboxylic acids is 1. The number of methoxy groups -OCH3 is 1. The molecular weight excluding hydrogens is 272 g/mol. The Labute approximate surface area is 114 Å². The molecular formula is C11H22N2O5S. The molecule has 19 heavy (non-hydrogen) atoms. The van der Waals surface area contributed by atoms with Crippen molar-refractivity contribution in [2.75, 3.05) is 20.2 Å². The number of carbonyl (C=O) groups is 1. The number of piperidine rings is 1. The highest BCUT2D eigenvalue weighted by Gasteiger charge is 2.29. The van der Waals surface area contributed by atoms with Crippen molar-refractivity contribution in [2.24, 2.45) is 0 Å². The van der Waals surface area contributed by atoms with Crippen LogP contribution in [0.3, 0.4) is 0 Å². The Morgan fingerprint density at radius 2 is 2.21 bits per heavy atom. The summed E-state index contributed by atoms with van der Waals surface area (Å²) in [5.41, 5.74) is 0. The molecule has 112 valence electrons. The fourth-order valence-electron chi connectivity index (χ4n) is 2.14. The number of carboxylic acid groups (broad SMARTS) is 1. The lowest BCUT2D eigenvalue weighted by Gasteiger charge is -2.32. The van der Waals surface area contributed by atoms with E-state index >= 15 is 0 Å². The zero-order chi connectivity index (χ0) is 14.5. The first-order valence-corrected chi connectivity index (χ1v) is 7.82. The van der Waals surface area contributed by atoms with Crippen molar-refractivity contribution < 1.29 is 23.1 Å². The van der Waals surface area contributed by atoms with E-state index in [4.69, 9.17) is 9.84 Å². The van der Waals surface area contributed by atoms with E-state index in [1.165, 1.54) is 11.4 Å². The van der Waals surface area contributed by atoms with E-state index in [1.807, 2.05) is 6.92 Å². The van der Waals surface area contributed by atoms with Crippen molar-refractivity contribution in [1.82, 2.24) is 9.03 Å². The number of hydrogen-bond donors (Lipinski definition) is 2. The van der Waals surface area contributed by atoms with Crippen LogP contribution in [0.15, 0.2) is 0 Å². The fourth-order valence-corrected chi connectivity index (χ4v) is 3.65. The molecule has 1 aliphatic heterocycles. The molecule has 8 heteroatoms. The molecule has 1 heterocycles. The Kier molecular flexibility index (Phi) is 6.18. The van der Waals surface area contributed by atoms with Crippen molar-refractivity contribution in [3.8, 4) is 0 Å². The number of carboxylic acids is 1. The van der Waals surface area contributed by atoms with E-state index in [0.29, 0.717) is 6.54 Å². The van der Waals surface area contributed by atoms with Crippen LogP contribution in [0.2, 0.25) is 0 Å². The van der Waals surface area contributed by atoms with Gasteiger partial charge in [0, 0.05) is 26.2 Å². The second-order valence-corrected chi connectivity index (χ2v) is 6.47. The third kappa shape index (κ3) is 5.06. The lowest BCUT2D eigenvalue weighted by molar-refractivity contribution is -0.139. The van der Waals surface area contributed by atoms with Gasteiger partial charge in [-0.25, -0.2) is 0 Å². The topological polar surface area (TPSA) is 95.9 Å². The predicted molar refractivity (Wildman–Crippen MR) is 70.0 cm³/mol. The minimum absolute atomic E-state index is 0.0216. The predicted octanol–water partition coefficient (Wildman–Crippen LogP) is 0.185. The molecule has 0 aromatic carbocycles. The van der Waals surface area contributed by atoms with Crippen LogP contribution >= 0.6 is 0 Å². The zero-order valence-electron chi connectivity index (χ0n) is 11.3. The summed E-state index contributed by atoms with van der Waals surface area (Å²) in [5, 5.41) is 8.67. The molecule has 0 spiro atoms. The number of nitrogens with zero attached hydrogens (tertiary/aromatic N) is 1. The summed E-state index contributed by atoms with van der Waals surface area (Å²) in [6.45, 7) is 2.35. The summed E-state index contributed by atoms with van der Waals surface area (Å²) in [5.74, 6) is -1.02. The molecule has 0 aliphatic carbocycles. The molecule has 2 atom stereocenters. The summed E-state index contributed by atoms with van der Waals surface area (Å²) in [6, 6.07) is -0.0216. The SMILES string of the molecule is COC(CNS(=O)(=O)N1CCCCC1C)CC(=O)O. The molecule has 7 nitrogen and oxygen atoms in total. The summed E-state index contributed by atoms with van der Waals surface area (Å²) >= 11 is 0. The van der Waals surface area contributed by atoms with Gasteiger partial charge in [-0.2, -0.15) is 17.4 Å². The quantitative estimate of drug-likeness (QED) is 0.698. The molecule has 2 N–H and O–H groups in total. The van der Waals surface area contributed by atoms with Gasteiger partial charge in [-0.15, -0.1) is 0 Å². The number of ether oxygens (including phenoxy) is 1. The van der Waals surface area contributed by atoms with Gasteiger partial charge in [0.25, 0.3) is 10.2 Å². The molecule has 0 aromatic heterocycles. The van der Waals surface area contributed by atoms with Gasteiger partial charge in [0.15, 0.2) is 0 Å². The summed E-state index contributed by atoms with van der Waals surface area (Å²) in [6.07, 6.45) is 1.85. The van der Waals surface area contributed by atoms with Crippen LogP contribution in [0.5, 0.6) is 0 Å². The van der Waals surface area contributed by atoms with Crippen LogP contribution < -0.4 is 4.72 Å². The van der Waals surface area contributed by atoms with E-state index in [2.05, 4.69) is 4.72 Å². The molecule has 0 aromatic rings. The lowest BCUT2D eigenvalue weighted by Crippen LogP contribution is -2.49. The van der Waals surface area contributed by atoms with Gasteiger partial charge >= 0.3 is 5.97 Å². The molecule has 0 radical (unpaired) electrons. The highest BCUT2D eigenvalue weighted by Crippen LogP contribution is 2.19. The molecule has 1 aliphatic rings. The van der Waals surface area contributed by atoms with Crippen molar-refractivity contribution >= 4 is 16.2 Å². The second-order valence-electron chi connectivity index (χ2n) is 4.76. The normalized spacial score (nSPS) is 23.2. The van der Waals surface area contributed by atoms with E-state index in [-0.39, 0.29) is 19.0 Å². The van der Waals surface area contributed by atoms with E-state index in [1.54, 1.807) is 0 Å². The smallest absolute Gasteiger partial charge is 0.306 e. The Hall–Kier alpha value is -0.700. The van der Waals surface area contributed by atoms with E-state index in [0.717, 1.165) is 19.3 Å². The average molecular weight is 294 g/mol. The molecule has 0 amide bonds. The van der Waals surface area contributed by atoms with Crippen molar-refractivity contribution in [3.63, 3.8) is 0 Å². The molecule has 0 saturated carbocycles. The summed E-state index contributed by atoms with van der Waals surface area (Å²) in [4.78, 5) is 10.6. The Morgan fingerprint density at radius 1 is 1.53 bits per heavy atom. The van der Waals surface area contributed by atoms with Crippen LogP contribution in [0.1, 0.15) is 32.6 Å². The van der Waals surface area contributed by atoms with Gasteiger partial charge in [-0.05, 0) is 19.8 Å². The molecule has 0 bridgehead atoms. The van der Waals surface area contributed by atoms with Gasteiger partial charge in [0.2, 0.25) is 0 Å². The van der Waals surface area contributed by atoms with Crippen molar-refractivity contribution in [1.29, 1.82) is 0 Å². The van der Waals surface area contributed by atoms with Crippen molar-refractivity contribution in [3.05, 3.63) is 0 Å². The maximum absolute atomic E-state index is 12.1. The van der Waals surface area contributed by atoms with E-state index < -0.39 is 22.3 Å². The van der Waals surface area contributed by atoms with Crippen LogP contribution in [-0.4, -0.2) is 56.1 Å². The van der Waals surface area contributed by atoms with Crippen LogP contribution in [-0.2, 0) is 19.7 Å². The highest BCUT2D eigenvalue weighted by molar-refractivity contribution is 7.87. The molecule has 1 saturated heterocycles. The maximum Gasteiger partial charge on any atom is 0.306 e. The Morgan fingerprint density at radius 3 is 2.74 bits per heavy atom. The third-order valence-electron chi connectivity index (χ3n) is 3.28. The van der Waals surface area contributed by atoms with Gasteiger partial charge < -0.3 is 9.84 Å². The minimum atomic E-state index is -3.56. The van der Waals surface area contributed by atoms with Gasteiger partial charge in [0.1, 0.15) is 0 Å². The molecule has 1 fully saturated rings. The van der Waals surface area contributed by atoms with Crippen molar-refractivity contribution in [2.45, 2.75) is 44.8 Å². The largest absolute Gasteiger partial charge is 0.481 e. The Balaban J connectivity index is 2.56. The van der Waals surface area contributed by atoms with Gasteiger partial charge in [-0.1, -0.05) is 6.42 Å². The first-order valence-electron chi connectivity index (χ1n) is 6.38. The Bertz CT molecular complexity index is 398. The van der Waals surface area contributed by atoms with Crippen LogP contribution in [0.4, 0.5) is 0 Å².